The minimum atomic E-state index is -0.543. The quantitative estimate of drug-likeness (QED) is 0.704. The van der Waals surface area contributed by atoms with Crippen molar-refractivity contribution in [3.63, 3.8) is 0 Å². The van der Waals surface area contributed by atoms with E-state index >= 15 is 0 Å². The van der Waals surface area contributed by atoms with E-state index in [4.69, 9.17) is 23.7 Å². The van der Waals surface area contributed by atoms with Gasteiger partial charge in [-0.3, -0.25) is 4.79 Å². The maximum absolute atomic E-state index is 11.5. The first kappa shape index (κ1) is 13.3. The van der Waals surface area contributed by atoms with E-state index in [1.165, 1.54) is 7.11 Å². The van der Waals surface area contributed by atoms with Crippen LogP contribution >= 0.6 is 0 Å². The number of hydrogen-bond donors (Lipinski definition) is 0. The zero-order valence-electron chi connectivity index (χ0n) is 11.1. The molecule has 6 nitrogen and oxygen atoms in total. The van der Waals surface area contributed by atoms with Gasteiger partial charge in [0.2, 0.25) is 0 Å². The second kappa shape index (κ2) is 5.36. The topological polar surface area (TPSA) is 63.2 Å². The first-order valence-electron chi connectivity index (χ1n) is 6.80. The van der Waals surface area contributed by atoms with E-state index < -0.39 is 5.79 Å². The molecule has 0 aromatic carbocycles. The fraction of sp³-hybridized carbons (Fsp3) is 0.923. The van der Waals surface area contributed by atoms with Crippen molar-refractivity contribution in [3.05, 3.63) is 0 Å². The van der Waals surface area contributed by atoms with Crippen molar-refractivity contribution in [2.24, 2.45) is 11.8 Å². The third kappa shape index (κ3) is 2.63. The molecule has 108 valence electrons. The average molecular weight is 272 g/mol. The zero-order valence-corrected chi connectivity index (χ0v) is 11.1. The molecule has 19 heavy (non-hydrogen) atoms. The van der Waals surface area contributed by atoms with Gasteiger partial charge in [0.25, 0.3) is 0 Å². The molecule has 0 aromatic heterocycles. The van der Waals surface area contributed by atoms with E-state index in [2.05, 4.69) is 0 Å². The van der Waals surface area contributed by atoms with Crippen LogP contribution < -0.4 is 0 Å². The highest BCUT2D eigenvalue weighted by molar-refractivity contribution is 5.69. The van der Waals surface area contributed by atoms with E-state index in [1.807, 2.05) is 0 Å². The number of carbonyl (C=O) groups excluding carboxylic acids is 1. The predicted octanol–water partition coefficient (Wildman–Crippen LogP) is 0.692. The third-order valence-electron chi connectivity index (χ3n) is 4.19. The molecule has 0 N–H and O–H groups in total. The summed E-state index contributed by atoms with van der Waals surface area (Å²) in [6, 6.07) is 0. The van der Waals surface area contributed by atoms with Gasteiger partial charge < -0.3 is 23.7 Å². The lowest BCUT2D eigenvalue weighted by atomic mass is 9.92. The Morgan fingerprint density at radius 1 is 1.16 bits per heavy atom. The summed E-state index contributed by atoms with van der Waals surface area (Å²) in [7, 11) is 1.41. The first-order chi connectivity index (χ1) is 9.22. The molecular formula is C13H20O6. The maximum Gasteiger partial charge on any atom is 0.305 e. The lowest BCUT2D eigenvalue weighted by molar-refractivity contribution is -0.162. The van der Waals surface area contributed by atoms with Gasteiger partial charge in [0.1, 0.15) is 0 Å². The molecule has 3 rings (SSSR count). The van der Waals surface area contributed by atoms with Gasteiger partial charge in [-0.15, -0.1) is 0 Å². The molecule has 0 amide bonds. The Morgan fingerprint density at radius 3 is 2.47 bits per heavy atom. The highest BCUT2D eigenvalue weighted by Gasteiger charge is 2.53. The van der Waals surface area contributed by atoms with Gasteiger partial charge in [-0.05, 0) is 5.92 Å². The summed E-state index contributed by atoms with van der Waals surface area (Å²) < 4.78 is 27.5. The van der Waals surface area contributed by atoms with Crippen molar-refractivity contribution >= 4 is 5.97 Å². The van der Waals surface area contributed by atoms with Gasteiger partial charge in [0.05, 0.1) is 33.5 Å². The van der Waals surface area contributed by atoms with Crippen LogP contribution in [-0.2, 0) is 28.5 Å². The van der Waals surface area contributed by atoms with Gasteiger partial charge in [0.15, 0.2) is 12.1 Å². The lowest BCUT2D eigenvalue weighted by Gasteiger charge is -2.23. The fourth-order valence-electron chi connectivity index (χ4n) is 3.36. The smallest absolute Gasteiger partial charge is 0.305 e. The largest absolute Gasteiger partial charge is 0.469 e. The van der Waals surface area contributed by atoms with Crippen LogP contribution in [0.15, 0.2) is 0 Å². The van der Waals surface area contributed by atoms with Crippen molar-refractivity contribution < 1.29 is 28.5 Å². The molecule has 0 unspecified atom stereocenters. The number of carbonyl (C=O) groups is 1. The number of esters is 1. The monoisotopic (exact) mass is 272 g/mol. The lowest BCUT2D eigenvalue weighted by Crippen LogP contribution is -2.29. The van der Waals surface area contributed by atoms with Crippen LogP contribution in [-0.4, -0.2) is 51.6 Å². The molecule has 1 aliphatic carbocycles. The van der Waals surface area contributed by atoms with E-state index in [-0.39, 0.29) is 24.1 Å². The van der Waals surface area contributed by atoms with E-state index in [1.54, 1.807) is 0 Å². The van der Waals surface area contributed by atoms with Crippen LogP contribution in [0.3, 0.4) is 0 Å². The van der Waals surface area contributed by atoms with Gasteiger partial charge in [0, 0.05) is 25.2 Å². The maximum atomic E-state index is 11.5. The Hall–Kier alpha value is -0.690. The number of ether oxygens (including phenoxy) is 5. The standard InChI is InChI=1S/C13H20O6/c1-15-11(14)6-9-7-13(18-4-5-19-13)8-10(9)12-16-2-3-17-12/h9-10,12H,2-8H2,1H3/t9-,10+/m0/s1. The predicted molar refractivity (Wildman–Crippen MR) is 63.2 cm³/mol. The molecule has 3 aliphatic rings. The molecule has 2 heterocycles. The summed E-state index contributed by atoms with van der Waals surface area (Å²) in [6.07, 6.45) is 1.54. The van der Waals surface area contributed by atoms with Crippen molar-refractivity contribution in [2.75, 3.05) is 33.5 Å². The molecule has 0 radical (unpaired) electrons. The minimum Gasteiger partial charge on any atom is -0.469 e. The van der Waals surface area contributed by atoms with Crippen molar-refractivity contribution in [1.82, 2.24) is 0 Å². The molecule has 6 heteroatoms. The Kier molecular flexibility index (Phi) is 3.75. The van der Waals surface area contributed by atoms with Crippen LogP contribution in [0.2, 0.25) is 0 Å². The van der Waals surface area contributed by atoms with E-state index in [0.29, 0.717) is 39.3 Å². The van der Waals surface area contributed by atoms with Gasteiger partial charge >= 0.3 is 5.97 Å². The molecular weight excluding hydrogens is 252 g/mol. The third-order valence-corrected chi connectivity index (χ3v) is 4.19. The Labute approximate surface area is 112 Å². The van der Waals surface area contributed by atoms with Gasteiger partial charge in [-0.2, -0.15) is 0 Å². The Morgan fingerprint density at radius 2 is 1.84 bits per heavy atom. The van der Waals surface area contributed by atoms with Gasteiger partial charge in [-0.1, -0.05) is 0 Å². The summed E-state index contributed by atoms with van der Waals surface area (Å²) in [4.78, 5) is 11.5. The molecule has 0 bridgehead atoms. The Balaban J connectivity index is 1.71. The second-order valence-electron chi connectivity index (χ2n) is 5.33. The van der Waals surface area contributed by atoms with Crippen molar-refractivity contribution in [3.8, 4) is 0 Å². The van der Waals surface area contributed by atoms with Crippen LogP contribution in [0.5, 0.6) is 0 Å². The van der Waals surface area contributed by atoms with Crippen molar-refractivity contribution in [1.29, 1.82) is 0 Å². The van der Waals surface area contributed by atoms with Crippen LogP contribution in [0.4, 0.5) is 0 Å². The number of rotatable bonds is 3. The number of methoxy groups -OCH3 is 1. The summed E-state index contributed by atoms with van der Waals surface area (Å²) in [5.74, 6) is -0.505. The summed E-state index contributed by atoms with van der Waals surface area (Å²) in [6.45, 7) is 2.45. The summed E-state index contributed by atoms with van der Waals surface area (Å²) >= 11 is 0. The average Bonchev–Trinajstić information content (AvgIpc) is 3.12. The number of hydrogen-bond acceptors (Lipinski definition) is 6. The van der Waals surface area contributed by atoms with Gasteiger partial charge in [-0.25, -0.2) is 0 Å². The highest BCUT2D eigenvalue weighted by atomic mass is 16.7. The molecule has 0 aromatic rings. The zero-order chi connectivity index (χ0) is 13.3. The fourth-order valence-corrected chi connectivity index (χ4v) is 3.36. The second-order valence-corrected chi connectivity index (χ2v) is 5.33. The molecule has 2 aliphatic heterocycles. The minimum absolute atomic E-state index is 0.119. The Bertz CT molecular complexity index is 332. The van der Waals surface area contributed by atoms with E-state index in [9.17, 15) is 4.79 Å². The summed E-state index contributed by atoms with van der Waals surface area (Å²) in [5, 5.41) is 0. The molecule has 2 atom stereocenters. The van der Waals surface area contributed by atoms with E-state index in [0.717, 1.165) is 6.42 Å². The highest BCUT2D eigenvalue weighted by Crippen LogP contribution is 2.48. The first-order valence-corrected chi connectivity index (χ1v) is 6.80. The summed E-state index contributed by atoms with van der Waals surface area (Å²) in [5.41, 5.74) is 0. The normalized spacial score (nSPS) is 34.2. The van der Waals surface area contributed by atoms with Crippen LogP contribution in [0, 0.1) is 11.8 Å². The molecule has 1 spiro atoms. The molecule has 3 fully saturated rings. The molecule has 2 saturated heterocycles. The molecule has 1 saturated carbocycles. The van der Waals surface area contributed by atoms with Crippen molar-refractivity contribution in [2.45, 2.75) is 31.3 Å². The van der Waals surface area contributed by atoms with Crippen LogP contribution in [0.1, 0.15) is 19.3 Å². The SMILES string of the molecule is COC(=O)C[C@H]1CC2(C[C@H]1C1OCCO1)OCCO2. The van der Waals surface area contributed by atoms with Crippen LogP contribution in [0.25, 0.3) is 0 Å².